The molecule has 2 saturated heterocycles. The number of nitrogen functional groups attached to an aromatic ring is 1. The number of hydrogen-bond donors (Lipinski definition) is 4. The fourth-order valence-electron chi connectivity index (χ4n) is 7.27. The van der Waals surface area contributed by atoms with Gasteiger partial charge in [0.05, 0.1) is 54.1 Å². The molecule has 3 aliphatic heterocycles. The molecule has 3 fully saturated rings. The molecule has 4 aliphatic rings. The van der Waals surface area contributed by atoms with Crippen LogP contribution in [0.15, 0.2) is 35.9 Å². The monoisotopic (exact) mass is 729 g/mol. The number of thiazole rings is 1. The van der Waals surface area contributed by atoms with Gasteiger partial charge in [-0.25, -0.2) is 18.7 Å². The van der Waals surface area contributed by atoms with Crippen LogP contribution in [-0.4, -0.2) is 112 Å². The highest BCUT2D eigenvalue weighted by atomic mass is 32.3. The van der Waals surface area contributed by atoms with E-state index >= 15 is 4.39 Å². The first kappa shape index (κ1) is 33.4. The second-order valence-electron chi connectivity index (χ2n) is 13.2. The summed E-state index contributed by atoms with van der Waals surface area (Å²) >= 11 is 0.953. The average molecular weight is 730 g/mol. The van der Waals surface area contributed by atoms with Crippen LogP contribution in [0.25, 0.3) is 32.4 Å². The number of hydrogen-bond acceptors (Lipinski definition) is 13. The van der Waals surface area contributed by atoms with Crippen LogP contribution in [0.3, 0.4) is 0 Å². The van der Waals surface area contributed by atoms with Gasteiger partial charge >= 0.3 is 0 Å². The van der Waals surface area contributed by atoms with Crippen LogP contribution in [-0.2, 0) is 14.3 Å². The van der Waals surface area contributed by atoms with Crippen LogP contribution in [0.5, 0.6) is 5.88 Å². The van der Waals surface area contributed by atoms with Gasteiger partial charge in [0.1, 0.15) is 28.0 Å². The standard InChI is InChI=1S/C33H37F2N7O6S2/c1-2-23(43)38-18-14-42(9-12-47-15-18)28-20-13-37-25(19-3-4-21(34)29-27(19)40-32(36)49-29)24(35)26(20)39-31-30(28)50(44,45)16-22(48-31)33(5-6-33)17-41-7-10-46-11-8-41/h2-4,13,18,22,44-45H,1,5-12,14-17H2,(H2,36,40)(H,38,43). The van der Waals surface area contributed by atoms with Gasteiger partial charge in [0.15, 0.2) is 10.9 Å². The lowest BCUT2D eigenvalue weighted by Crippen LogP contribution is -2.47. The number of amides is 1. The number of nitrogens with two attached hydrogens (primary N) is 1. The summed E-state index contributed by atoms with van der Waals surface area (Å²) in [5.41, 5.74) is 6.06. The van der Waals surface area contributed by atoms with Gasteiger partial charge in [-0.1, -0.05) is 17.9 Å². The number of carbonyl (C=O) groups excluding carboxylic acids is 1. The molecule has 2 unspecified atom stereocenters. The molecule has 13 nitrogen and oxygen atoms in total. The van der Waals surface area contributed by atoms with Crippen molar-refractivity contribution < 1.29 is 36.9 Å². The van der Waals surface area contributed by atoms with E-state index in [4.69, 9.17) is 19.9 Å². The second kappa shape index (κ2) is 12.8. The van der Waals surface area contributed by atoms with Gasteiger partial charge in [0.25, 0.3) is 0 Å². The molecule has 3 aromatic heterocycles. The number of morpholine rings is 1. The number of fused-ring (bicyclic) bond motifs is 3. The summed E-state index contributed by atoms with van der Waals surface area (Å²) in [6.07, 6.45) is 3.69. The molecule has 0 spiro atoms. The largest absolute Gasteiger partial charge is 0.471 e. The van der Waals surface area contributed by atoms with Crippen LogP contribution < -0.4 is 20.7 Å². The second-order valence-corrected chi connectivity index (χ2v) is 16.3. The number of halogens is 2. The number of ether oxygens (including phenoxy) is 3. The first-order valence-electron chi connectivity index (χ1n) is 16.4. The molecule has 6 heterocycles. The van der Waals surface area contributed by atoms with Gasteiger partial charge in [-0.2, -0.15) is 10.6 Å². The van der Waals surface area contributed by atoms with E-state index in [0.717, 1.165) is 43.3 Å². The normalized spacial score (nSPS) is 23.9. The summed E-state index contributed by atoms with van der Waals surface area (Å²) < 4.78 is 73.8. The minimum Gasteiger partial charge on any atom is -0.471 e. The van der Waals surface area contributed by atoms with Crippen molar-refractivity contribution in [3.63, 3.8) is 0 Å². The van der Waals surface area contributed by atoms with Gasteiger partial charge in [-0.3, -0.25) is 23.8 Å². The molecule has 5 N–H and O–H groups in total. The molecule has 1 saturated carbocycles. The third kappa shape index (κ3) is 5.93. The molecule has 0 bridgehead atoms. The van der Waals surface area contributed by atoms with Gasteiger partial charge in [-0.15, -0.1) is 0 Å². The van der Waals surface area contributed by atoms with Gasteiger partial charge in [0, 0.05) is 55.3 Å². The van der Waals surface area contributed by atoms with Crippen LogP contribution in [0.1, 0.15) is 12.8 Å². The van der Waals surface area contributed by atoms with Crippen molar-refractivity contribution >= 4 is 59.8 Å². The number of rotatable bonds is 7. The molecule has 1 amide bonds. The van der Waals surface area contributed by atoms with E-state index in [0.29, 0.717) is 25.4 Å². The Kier molecular flexibility index (Phi) is 8.56. The first-order chi connectivity index (χ1) is 24.1. The molecular formula is C33H37F2N7O6S2. The third-order valence-electron chi connectivity index (χ3n) is 9.93. The van der Waals surface area contributed by atoms with Crippen molar-refractivity contribution in [1.29, 1.82) is 0 Å². The molecule has 50 heavy (non-hydrogen) atoms. The zero-order chi connectivity index (χ0) is 34.8. The summed E-state index contributed by atoms with van der Waals surface area (Å²) in [6, 6.07) is 2.12. The van der Waals surface area contributed by atoms with E-state index in [1.807, 2.05) is 4.90 Å². The Morgan fingerprint density at radius 3 is 2.70 bits per heavy atom. The summed E-state index contributed by atoms with van der Waals surface area (Å²) in [7, 11) is -3.54. The van der Waals surface area contributed by atoms with Crippen LogP contribution in [0.2, 0.25) is 0 Å². The lowest BCUT2D eigenvalue weighted by atomic mass is 9.99. The molecule has 266 valence electrons. The topological polar surface area (TPSA) is 168 Å². The lowest BCUT2D eigenvalue weighted by Gasteiger charge is -2.46. The van der Waals surface area contributed by atoms with Crippen molar-refractivity contribution in [2.24, 2.45) is 5.41 Å². The van der Waals surface area contributed by atoms with Crippen molar-refractivity contribution in [3.05, 3.63) is 42.6 Å². The van der Waals surface area contributed by atoms with Crippen molar-refractivity contribution in [3.8, 4) is 17.1 Å². The van der Waals surface area contributed by atoms with E-state index in [1.54, 1.807) is 0 Å². The zero-order valence-electron chi connectivity index (χ0n) is 27.1. The predicted octanol–water partition coefficient (Wildman–Crippen LogP) is 4.26. The van der Waals surface area contributed by atoms with E-state index in [9.17, 15) is 18.3 Å². The van der Waals surface area contributed by atoms with E-state index in [-0.39, 0.29) is 85.8 Å². The quantitative estimate of drug-likeness (QED) is 0.200. The molecule has 1 aromatic carbocycles. The highest BCUT2D eigenvalue weighted by Gasteiger charge is 2.56. The van der Waals surface area contributed by atoms with Crippen molar-refractivity contribution in [1.82, 2.24) is 25.2 Å². The molecule has 0 radical (unpaired) electrons. The Bertz CT molecular complexity index is 2000. The van der Waals surface area contributed by atoms with Crippen LogP contribution >= 0.6 is 21.9 Å². The average Bonchev–Trinajstić information content (AvgIpc) is 3.82. The summed E-state index contributed by atoms with van der Waals surface area (Å²) in [4.78, 5) is 29.9. The van der Waals surface area contributed by atoms with Crippen molar-refractivity contribution in [2.75, 3.05) is 75.5 Å². The molecule has 17 heteroatoms. The number of nitrogens with zero attached hydrogens (tertiary/aromatic N) is 5. The Morgan fingerprint density at radius 1 is 1.16 bits per heavy atom. The Morgan fingerprint density at radius 2 is 1.94 bits per heavy atom. The van der Waals surface area contributed by atoms with Crippen LogP contribution in [0, 0.1) is 17.0 Å². The van der Waals surface area contributed by atoms with E-state index in [2.05, 4.69) is 31.7 Å². The number of nitrogens with one attached hydrogen (secondary N) is 1. The minimum atomic E-state index is -3.54. The summed E-state index contributed by atoms with van der Waals surface area (Å²) in [5, 5.41) is 3.20. The van der Waals surface area contributed by atoms with Crippen LogP contribution in [0.4, 0.5) is 19.6 Å². The van der Waals surface area contributed by atoms with Gasteiger partial charge in [0.2, 0.25) is 11.8 Å². The number of benzene rings is 1. The first-order valence-corrected chi connectivity index (χ1v) is 19.0. The highest BCUT2D eigenvalue weighted by molar-refractivity contribution is 8.24. The molecule has 1 aliphatic carbocycles. The van der Waals surface area contributed by atoms with E-state index in [1.165, 1.54) is 18.3 Å². The number of anilines is 2. The maximum Gasteiger partial charge on any atom is 0.243 e. The summed E-state index contributed by atoms with van der Waals surface area (Å²) in [6.45, 7) is 7.99. The van der Waals surface area contributed by atoms with Gasteiger partial charge in [-0.05, 0) is 31.1 Å². The molecule has 4 aromatic rings. The fourth-order valence-corrected chi connectivity index (χ4v) is 9.96. The predicted molar refractivity (Wildman–Crippen MR) is 187 cm³/mol. The Hall–Kier alpha value is -3.71. The van der Waals surface area contributed by atoms with Gasteiger partial charge < -0.3 is 30.2 Å². The summed E-state index contributed by atoms with van der Waals surface area (Å²) in [5.74, 6) is -1.85. The number of pyridine rings is 2. The Balaban J connectivity index is 1.28. The highest BCUT2D eigenvalue weighted by Crippen LogP contribution is 2.65. The molecule has 8 rings (SSSR count). The smallest absolute Gasteiger partial charge is 0.243 e. The maximum absolute atomic E-state index is 16.9. The van der Waals surface area contributed by atoms with E-state index < -0.39 is 40.3 Å². The number of aromatic nitrogens is 3. The third-order valence-corrected chi connectivity index (χ3v) is 12.6. The zero-order valence-corrected chi connectivity index (χ0v) is 28.7. The fraction of sp³-hybridized carbons (Fsp3) is 0.455. The molecule has 2 atom stereocenters. The number of carbonyl (C=O) groups is 1. The minimum absolute atomic E-state index is 0.0434. The van der Waals surface area contributed by atoms with Crippen molar-refractivity contribution in [2.45, 2.75) is 29.9 Å². The SMILES string of the molecule is C=CC(=O)NC1COCCN(c2c3c(nc4c(F)c(-c5ccc(F)c6sc(N)nc56)ncc24)OC(C2(CN4CCOCC4)CC2)CS3(O)O)C1. The lowest BCUT2D eigenvalue weighted by molar-refractivity contribution is -0.117. The Labute approximate surface area is 291 Å². The molecular weight excluding hydrogens is 693 g/mol. The maximum atomic E-state index is 16.9.